The first kappa shape index (κ1) is 44.8. The maximum Gasteiger partial charge on any atom is 0.364 e. The number of hydrogen-bond acceptors (Lipinski definition) is 18. The number of rotatable bonds is 18. The molecular formula is C28H45FN8O17. The van der Waals surface area contributed by atoms with Gasteiger partial charge in [-0.2, -0.15) is 0 Å². The maximum absolute atomic E-state index is 14.3. The summed E-state index contributed by atoms with van der Waals surface area (Å²) >= 11 is 0. The lowest BCUT2D eigenvalue weighted by Crippen LogP contribution is -2.71. The molecule has 16 atom stereocenters. The highest BCUT2D eigenvalue weighted by Gasteiger charge is 2.60. The molecule has 306 valence electrons. The van der Waals surface area contributed by atoms with Crippen molar-refractivity contribution in [1.29, 1.82) is 0 Å². The quantitative estimate of drug-likeness (QED) is 0.0273. The summed E-state index contributed by atoms with van der Waals surface area (Å²) in [6.07, 6.45) is -26.1. The molecule has 3 heterocycles. The van der Waals surface area contributed by atoms with E-state index in [1.54, 1.807) is 0 Å². The van der Waals surface area contributed by atoms with Gasteiger partial charge in [0.05, 0.1) is 31.4 Å². The van der Waals surface area contributed by atoms with Crippen molar-refractivity contribution < 1.29 is 88.0 Å². The molecule has 3 rings (SSSR count). The van der Waals surface area contributed by atoms with E-state index in [0.717, 1.165) is 13.8 Å². The van der Waals surface area contributed by atoms with E-state index in [0.29, 0.717) is 0 Å². The van der Waals surface area contributed by atoms with Gasteiger partial charge in [-0.05, 0) is 17.5 Å². The molecule has 0 bridgehead atoms. The number of carbonyl (C=O) groups excluding carboxylic acids is 2. The number of carboxylic acid groups (broad SMARTS) is 1. The fraction of sp³-hybridized carbons (Fsp3) is 0.893. The van der Waals surface area contributed by atoms with Crippen LogP contribution in [-0.4, -0.2) is 189 Å². The van der Waals surface area contributed by atoms with Crippen LogP contribution in [-0.2, 0) is 42.8 Å². The number of aliphatic hydroxyl groups is 7. The molecule has 3 aliphatic heterocycles. The Balaban J connectivity index is 1.98. The number of aliphatic carboxylic acids is 1. The molecule has 0 saturated carbocycles. The van der Waals surface area contributed by atoms with Gasteiger partial charge in [0, 0.05) is 43.2 Å². The zero-order valence-corrected chi connectivity index (χ0v) is 28.9. The van der Waals surface area contributed by atoms with E-state index in [9.17, 15) is 59.6 Å². The third-order valence-corrected chi connectivity index (χ3v) is 8.71. The summed E-state index contributed by atoms with van der Waals surface area (Å²) in [6.45, 7) is -1.11. The number of hydrogen-bond donors (Lipinski definition) is 10. The Morgan fingerprint density at radius 2 is 1.56 bits per heavy atom. The molecule has 3 aliphatic rings. The smallest absolute Gasteiger partial charge is 0.364 e. The lowest BCUT2D eigenvalue weighted by Gasteiger charge is -2.51. The number of ether oxygens (including phenoxy) is 6. The van der Waals surface area contributed by atoms with Gasteiger partial charge in [0.15, 0.2) is 12.6 Å². The molecule has 0 aromatic carbocycles. The number of aliphatic hydroxyl groups excluding tert-OH is 7. The van der Waals surface area contributed by atoms with Crippen LogP contribution in [0.2, 0.25) is 0 Å². The highest BCUT2D eigenvalue weighted by Crippen LogP contribution is 2.38. The predicted octanol–water partition coefficient (Wildman–Crippen LogP) is -4.06. The number of halogens is 1. The number of carboxylic acids is 1. The van der Waals surface area contributed by atoms with E-state index in [4.69, 9.17) is 39.5 Å². The SMILES string of the molecule is CC(=O)N[C@H]1[C@@H](OCCCN=[N+]=[N-])O[C@H](CO)[C@H](O)[C@@H]1O[C@@H]1O[C@H](CF)[C@H](O)[C@H](O[C@]2(C(=O)O)C[C@H](O)[C@@H](NC(C)=O)[C@H]([C@H](O)[C@H](O)CN=[N+]=[N-])O2)[C@H]1O. The van der Waals surface area contributed by atoms with Crippen LogP contribution in [0.5, 0.6) is 0 Å². The van der Waals surface area contributed by atoms with Crippen LogP contribution in [0, 0.1) is 0 Å². The van der Waals surface area contributed by atoms with Crippen molar-refractivity contribution in [3.05, 3.63) is 20.9 Å². The topological polar surface area (TPSA) is 390 Å². The van der Waals surface area contributed by atoms with Gasteiger partial charge in [0.25, 0.3) is 5.79 Å². The van der Waals surface area contributed by atoms with E-state index in [2.05, 4.69) is 30.7 Å². The van der Waals surface area contributed by atoms with E-state index in [1.807, 2.05) is 0 Å². The van der Waals surface area contributed by atoms with Gasteiger partial charge in [-0.15, -0.1) is 0 Å². The van der Waals surface area contributed by atoms with Crippen molar-refractivity contribution >= 4 is 17.8 Å². The molecular weight excluding hydrogens is 739 g/mol. The number of azide groups is 2. The largest absolute Gasteiger partial charge is 0.477 e. The first-order valence-electron chi connectivity index (χ1n) is 16.5. The average molecular weight is 785 g/mol. The maximum atomic E-state index is 14.3. The zero-order chi connectivity index (χ0) is 40.3. The summed E-state index contributed by atoms with van der Waals surface area (Å²) in [7, 11) is 0. The molecule has 0 aliphatic carbocycles. The Bertz CT molecular complexity index is 1380. The Labute approximate surface area is 305 Å². The lowest BCUT2D eigenvalue weighted by atomic mass is 9.88. The molecule has 0 spiro atoms. The zero-order valence-electron chi connectivity index (χ0n) is 28.9. The normalized spacial score (nSPS) is 37.9. The van der Waals surface area contributed by atoms with E-state index < -0.39 is 142 Å². The van der Waals surface area contributed by atoms with Gasteiger partial charge in [0.1, 0.15) is 67.7 Å². The van der Waals surface area contributed by atoms with E-state index in [1.165, 1.54) is 0 Å². The molecule has 0 radical (unpaired) electrons. The molecule has 10 N–H and O–H groups in total. The molecule has 0 aromatic heterocycles. The second kappa shape index (κ2) is 20.4. The highest BCUT2D eigenvalue weighted by atomic mass is 19.1. The van der Waals surface area contributed by atoms with Crippen LogP contribution in [0.4, 0.5) is 4.39 Å². The van der Waals surface area contributed by atoms with Gasteiger partial charge in [-0.3, -0.25) is 9.59 Å². The second-order valence-corrected chi connectivity index (χ2v) is 12.6. The second-order valence-electron chi connectivity index (χ2n) is 12.6. The first-order chi connectivity index (χ1) is 25.5. The third-order valence-electron chi connectivity index (χ3n) is 8.71. The van der Waals surface area contributed by atoms with Gasteiger partial charge in [-0.25, -0.2) is 9.18 Å². The Morgan fingerprint density at radius 3 is 2.13 bits per heavy atom. The van der Waals surface area contributed by atoms with Crippen molar-refractivity contribution in [3.8, 4) is 0 Å². The van der Waals surface area contributed by atoms with Crippen LogP contribution in [0.3, 0.4) is 0 Å². The van der Waals surface area contributed by atoms with Crippen LogP contribution in [0.25, 0.3) is 20.9 Å². The molecule has 0 unspecified atom stereocenters. The van der Waals surface area contributed by atoms with Crippen LogP contribution >= 0.6 is 0 Å². The van der Waals surface area contributed by atoms with Crippen molar-refractivity contribution in [1.82, 2.24) is 10.6 Å². The third kappa shape index (κ3) is 10.8. The predicted molar refractivity (Wildman–Crippen MR) is 170 cm³/mol. The minimum Gasteiger partial charge on any atom is -0.477 e. The monoisotopic (exact) mass is 784 g/mol. The van der Waals surface area contributed by atoms with Crippen molar-refractivity contribution in [2.45, 2.75) is 124 Å². The van der Waals surface area contributed by atoms with Gasteiger partial charge in [0.2, 0.25) is 11.8 Å². The lowest BCUT2D eigenvalue weighted by molar-refractivity contribution is -0.380. The Hall–Kier alpha value is -3.56. The fourth-order valence-electron chi connectivity index (χ4n) is 6.16. The van der Waals surface area contributed by atoms with Gasteiger partial charge < -0.3 is 79.9 Å². The summed E-state index contributed by atoms with van der Waals surface area (Å²) in [5.41, 5.74) is 17.1. The number of nitrogens with one attached hydrogen (secondary N) is 2. The molecule has 2 amide bonds. The number of amides is 2. The Kier molecular flexibility index (Phi) is 16.9. The molecule has 0 aromatic rings. The van der Waals surface area contributed by atoms with Crippen LogP contribution < -0.4 is 10.6 Å². The van der Waals surface area contributed by atoms with Crippen molar-refractivity contribution in [2.24, 2.45) is 10.2 Å². The minimum atomic E-state index is -3.12. The van der Waals surface area contributed by atoms with Crippen LogP contribution in [0.15, 0.2) is 10.2 Å². The summed E-state index contributed by atoms with van der Waals surface area (Å²) in [4.78, 5) is 42.0. The number of alkyl halides is 1. The molecule has 26 heteroatoms. The molecule has 54 heavy (non-hydrogen) atoms. The molecule has 3 saturated heterocycles. The van der Waals surface area contributed by atoms with Crippen LogP contribution in [0.1, 0.15) is 26.7 Å². The van der Waals surface area contributed by atoms with E-state index in [-0.39, 0.29) is 19.6 Å². The van der Waals surface area contributed by atoms with Gasteiger partial charge >= 0.3 is 5.97 Å². The summed E-state index contributed by atoms with van der Waals surface area (Å²) in [5.74, 6) is -6.64. The molecule has 25 nitrogen and oxygen atoms in total. The summed E-state index contributed by atoms with van der Waals surface area (Å²) in [5, 5.41) is 97.4. The molecule has 3 fully saturated rings. The summed E-state index contributed by atoms with van der Waals surface area (Å²) < 4.78 is 48.1. The minimum absolute atomic E-state index is 0.0129. The van der Waals surface area contributed by atoms with Crippen molar-refractivity contribution in [3.63, 3.8) is 0 Å². The highest BCUT2D eigenvalue weighted by molar-refractivity contribution is 5.76. The summed E-state index contributed by atoms with van der Waals surface area (Å²) in [6, 6.07) is -3.04. The van der Waals surface area contributed by atoms with Gasteiger partial charge in [-0.1, -0.05) is 10.2 Å². The van der Waals surface area contributed by atoms with Crippen molar-refractivity contribution in [2.75, 3.05) is 33.0 Å². The first-order valence-corrected chi connectivity index (χ1v) is 16.5. The van der Waals surface area contributed by atoms with E-state index >= 15 is 0 Å². The fourth-order valence-corrected chi connectivity index (χ4v) is 6.16. The Morgan fingerprint density at radius 1 is 0.944 bits per heavy atom. The average Bonchev–Trinajstić information content (AvgIpc) is 3.12. The standard InChI is InChI=1S/C28H45FN8O17/c1-10(39)34-16-12(41)6-28(27(47)48,53-23(16)18(43)13(42)8-33-37-31)54-24-19(44)14(7-29)50-26(21(24)46)52-22-17(35-11(2)40)25(49-5-3-4-32-36-30)51-15(9-38)20(22)45/h12-26,38,41-46H,3-9H2,1-2H3,(H,34,39)(H,35,40)(H,47,48)/t12-,13+,14+,15+,16+,17+,18+,19-,20-,21+,22+,23+,24-,25-,26-,28-/m0/s1. The number of nitrogens with zero attached hydrogens (tertiary/aromatic N) is 6. The number of carbonyl (C=O) groups is 3.